The van der Waals surface area contributed by atoms with Gasteiger partial charge < -0.3 is 0 Å². The molecule has 0 aromatic carbocycles. The number of allylic oxidation sites excluding steroid dienone is 10. The Morgan fingerprint density at radius 1 is 0.600 bits per heavy atom. The van der Waals surface area contributed by atoms with Crippen molar-refractivity contribution in [2.75, 3.05) is 0 Å². The van der Waals surface area contributed by atoms with Crippen molar-refractivity contribution in [2.45, 2.75) is 67.2 Å². The molecule has 0 aliphatic heterocycles. The first-order valence-corrected chi connectivity index (χ1v) is 7.68. The summed E-state index contributed by atoms with van der Waals surface area (Å²) in [6.45, 7) is 13.0. The molecule has 0 aliphatic rings. The summed E-state index contributed by atoms with van der Waals surface area (Å²) in [6, 6.07) is 0. The first kappa shape index (κ1) is 18.7. The molecule has 0 aromatic rings. The lowest BCUT2D eigenvalue weighted by atomic mass is 10.1. The summed E-state index contributed by atoms with van der Waals surface area (Å²) in [7, 11) is 0. The van der Waals surface area contributed by atoms with Crippen LogP contribution in [0.3, 0.4) is 0 Å². The van der Waals surface area contributed by atoms with E-state index in [2.05, 4.69) is 78.0 Å². The molecular weight excluding hydrogens is 240 g/mol. The van der Waals surface area contributed by atoms with Crippen molar-refractivity contribution in [3.05, 3.63) is 58.7 Å². The van der Waals surface area contributed by atoms with Crippen LogP contribution in [0.25, 0.3) is 0 Å². The normalized spacial score (nSPS) is 12.7. The van der Waals surface area contributed by atoms with E-state index in [4.69, 9.17) is 0 Å². The van der Waals surface area contributed by atoms with Crippen molar-refractivity contribution in [3.63, 3.8) is 0 Å². The maximum Gasteiger partial charge on any atom is -0.0285 e. The van der Waals surface area contributed by atoms with Crippen LogP contribution in [0.1, 0.15) is 67.2 Å². The number of hydrogen-bond donors (Lipinski definition) is 0. The minimum Gasteiger partial charge on any atom is -0.0856 e. The highest BCUT2D eigenvalue weighted by Gasteiger charge is 1.88. The summed E-state index contributed by atoms with van der Waals surface area (Å²) in [5.41, 5.74) is 5.69. The predicted molar refractivity (Wildman–Crippen MR) is 94.0 cm³/mol. The van der Waals surface area contributed by atoms with Crippen LogP contribution in [0.15, 0.2) is 58.7 Å². The Morgan fingerprint density at radius 2 is 0.950 bits per heavy atom. The molecule has 0 unspecified atom stereocenters. The smallest absolute Gasteiger partial charge is 0.0285 e. The summed E-state index contributed by atoms with van der Waals surface area (Å²) in [6.07, 6.45) is 18.0. The van der Waals surface area contributed by atoms with Crippen molar-refractivity contribution >= 4 is 0 Å². The molecule has 0 aliphatic carbocycles. The monoisotopic (exact) mass is 272 g/mol. The highest BCUT2D eigenvalue weighted by atomic mass is 13.9. The van der Waals surface area contributed by atoms with Gasteiger partial charge in [0.1, 0.15) is 0 Å². The van der Waals surface area contributed by atoms with Crippen LogP contribution >= 0.6 is 0 Å². The molecule has 112 valence electrons. The molecule has 0 saturated heterocycles. The second kappa shape index (κ2) is 11.5. The van der Waals surface area contributed by atoms with Gasteiger partial charge in [-0.1, -0.05) is 58.7 Å². The van der Waals surface area contributed by atoms with E-state index in [9.17, 15) is 0 Å². The topological polar surface area (TPSA) is 0 Å². The van der Waals surface area contributed by atoms with Gasteiger partial charge in [-0.25, -0.2) is 0 Å². The standard InChI is InChI=1S/C20H32/c1-17(2)11-9-15-19(5)13-7-8-14-20(6)16-10-12-18(3)4/h7-8,11-14H,9-10,15-16H2,1-6H3/b8-7-,19-13+,20-14+. The van der Waals surface area contributed by atoms with E-state index in [0.717, 1.165) is 25.7 Å². The van der Waals surface area contributed by atoms with Crippen LogP contribution in [0.2, 0.25) is 0 Å². The Balaban J connectivity index is 4.09. The highest BCUT2D eigenvalue weighted by molar-refractivity contribution is 5.18. The van der Waals surface area contributed by atoms with Crippen molar-refractivity contribution in [3.8, 4) is 0 Å². The van der Waals surface area contributed by atoms with Gasteiger partial charge in [0.15, 0.2) is 0 Å². The molecule has 0 heteroatoms. The molecule has 0 spiro atoms. The fraction of sp³-hybridized carbons (Fsp3) is 0.500. The lowest BCUT2D eigenvalue weighted by Gasteiger charge is -1.97. The Bertz CT molecular complexity index is 363. The van der Waals surface area contributed by atoms with Gasteiger partial charge in [-0.2, -0.15) is 0 Å². The third kappa shape index (κ3) is 13.1. The van der Waals surface area contributed by atoms with Gasteiger partial charge in [0.25, 0.3) is 0 Å². The average molecular weight is 272 g/mol. The molecule has 0 saturated carbocycles. The molecule has 20 heavy (non-hydrogen) atoms. The summed E-state index contributed by atoms with van der Waals surface area (Å²) in [5, 5.41) is 0. The van der Waals surface area contributed by atoms with Crippen LogP contribution < -0.4 is 0 Å². The van der Waals surface area contributed by atoms with Crippen LogP contribution in [0.4, 0.5) is 0 Å². The molecule has 0 amide bonds. The Labute approximate surface area is 126 Å². The van der Waals surface area contributed by atoms with Gasteiger partial charge in [0.05, 0.1) is 0 Å². The summed E-state index contributed by atoms with van der Waals surface area (Å²) in [5.74, 6) is 0. The Hall–Kier alpha value is -1.30. The van der Waals surface area contributed by atoms with Gasteiger partial charge in [-0.3, -0.25) is 0 Å². The quantitative estimate of drug-likeness (QED) is 0.332. The Morgan fingerprint density at radius 3 is 1.25 bits per heavy atom. The van der Waals surface area contributed by atoms with Gasteiger partial charge in [-0.05, 0) is 67.2 Å². The van der Waals surface area contributed by atoms with E-state index < -0.39 is 0 Å². The summed E-state index contributed by atoms with van der Waals surface area (Å²) in [4.78, 5) is 0. The largest absolute Gasteiger partial charge is 0.0856 e. The molecule has 0 rings (SSSR count). The average Bonchev–Trinajstić information content (AvgIpc) is 2.33. The van der Waals surface area contributed by atoms with E-state index in [0.29, 0.717) is 0 Å². The van der Waals surface area contributed by atoms with E-state index in [-0.39, 0.29) is 0 Å². The fourth-order valence-electron chi connectivity index (χ4n) is 1.78. The van der Waals surface area contributed by atoms with Gasteiger partial charge in [0, 0.05) is 0 Å². The maximum atomic E-state index is 2.30. The molecule has 0 bridgehead atoms. The molecule has 0 nitrogen and oxygen atoms in total. The second-order valence-electron chi connectivity index (χ2n) is 6.05. The molecule has 0 heterocycles. The molecule has 0 aromatic heterocycles. The van der Waals surface area contributed by atoms with Crippen LogP contribution in [-0.4, -0.2) is 0 Å². The predicted octanol–water partition coefficient (Wildman–Crippen LogP) is 6.93. The van der Waals surface area contributed by atoms with Crippen molar-refractivity contribution in [2.24, 2.45) is 0 Å². The zero-order chi connectivity index (χ0) is 15.4. The second-order valence-corrected chi connectivity index (χ2v) is 6.05. The van der Waals surface area contributed by atoms with Gasteiger partial charge in [-0.15, -0.1) is 0 Å². The number of hydrogen-bond acceptors (Lipinski definition) is 0. The van der Waals surface area contributed by atoms with E-state index >= 15 is 0 Å². The molecule has 0 atom stereocenters. The highest BCUT2D eigenvalue weighted by Crippen LogP contribution is 2.08. The van der Waals surface area contributed by atoms with Gasteiger partial charge >= 0.3 is 0 Å². The van der Waals surface area contributed by atoms with E-state index in [1.165, 1.54) is 22.3 Å². The van der Waals surface area contributed by atoms with Crippen LogP contribution in [0.5, 0.6) is 0 Å². The lowest BCUT2D eigenvalue weighted by Crippen LogP contribution is -1.77. The summed E-state index contributed by atoms with van der Waals surface area (Å²) >= 11 is 0. The SMILES string of the molecule is CC(C)=CCC/C(C)=C/C=C\C=C(/C)CCC=C(C)C. The van der Waals surface area contributed by atoms with Crippen molar-refractivity contribution in [1.82, 2.24) is 0 Å². The fourth-order valence-corrected chi connectivity index (χ4v) is 1.78. The van der Waals surface area contributed by atoms with E-state index in [1.54, 1.807) is 0 Å². The molecule has 0 fully saturated rings. The summed E-state index contributed by atoms with van der Waals surface area (Å²) < 4.78 is 0. The van der Waals surface area contributed by atoms with Crippen LogP contribution in [-0.2, 0) is 0 Å². The zero-order valence-corrected chi connectivity index (χ0v) is 14.3. The maximum absolute atomic E-state index is 2.30. The van der Waals surface area contributed by atoms with Crippen LogP contribution in [0, 0.1) is 0 Å². The van der Waals surface area contributed by atoms with E-state index in [1.807, 2.05) is 0 Å². The zero-order valence-electron chi connectivity index (χ0n) is 14.3. The third-order valence-electron chi connectivity index (χ3n) is 3.06. The Kier molecular flexibility index (Phi) is 10.8. The first-order chi connectivity index (χ1) is 9.41. The third-order valence-corrected chi connectivity index (χ3v) is 3.06. The first-order valence-electron chi connectivity index (χ1n) is 7.68. The lowest BCUT2D eigenvalue weighted by molar-refractivity contribution is 0.965. The van der Waals surface area contributed by atoms with Crippen molar-refractivity contribution in [1.29, 1.82) is 0 Å². The molecule has 0 N–H and O–H groups in total. The molecule has 0 radical (unpaired) electrons. The van der Waals surface area contributed by atoms with Gasteiger partial charge in [0.2, 0.25) is 0 Å². The molecular formula is C20H32. The number of rotatable bonds is 8. The van der Waals surface area contributed by atoms with Crippen molar-refractivity contribution < 1.29 is 0 Å². The minimum absolute atomic E-state index is 1.15. The minimum atomic E-state index is 1.15.